The van der Waals surface area contributed by atoms with Gasteiger partial charge in [-0.15, -0.1) is 0 Å². The molecule has 17 heavy (non-hydrogen) atoms. The van der Waals surface area contributed by atoms with Gasteiger partial charge in [-0.05, 0) is 43.3 Å². The highest BCUT2D eigenvalue weighted by molar-refractivity contribution is 9.10. The Morgan fingerprint density at radius 3 is 2.82 bits per heavy atom. The number of hydrogen-bond acceptors (Lipinski definition) is 2. The van der Waals surface area contributed by atoms with Crippen LogP contribution in [0.3, 0.4) is 0 Å². The predicted molar refractivity (Wildman–Crippen MR) is 73.4 cm³/mol. The second-order valence-electron chi connectivity index (χ2n) is 3.80. The van der Waals surface area contributed by atoms with Crippen molar-refractivity contribution < 1.29 is 4.42 Å². The number of rotatable bonds is 4. The van der Waals surface area contributed by atoms with Gasteiger partial charge in [0, 0.05) is 9.50 Å². The van der Waals surface area contributed by atoms with Crippen molar-refractivity contribution in [2.24, 2.45) is 0 Å². The van der Waals surface area contributed by atoms with Crippen molar-refractivity contribution in [3.63, 3.8) is 0 Å². The maximum absolute atomic E-state index is 6.20. The van der Waals surface area contributed by atoms with E-state index in [1.165, 1.54) is 0 Å². The van der Waals surface area contributed by atoms with E-state index >= 15 is 0 Å². The average molecular weight is 315 g/mol. The Labute approximate surface area is 114 Å². The van der Waals surface area contributed by atoms with Crippen LogP contribution in [0.4, 0.5) is 0 Å². The lowest BCUT2D eigenvalue weighted by molar-refractivity contribution is 0.429. The smallest absolute Gasteiger partial charge is 0.121 e. The highest BCUT2D eigenvalue weighted by Crippen LogP contribution is 2.26. The molecule has 0 fully saturated rings. The molecule has 0 aliphatic heterocycles. The molecule has 90 valence electrons. The topological polar surface area (TPSA) is 25.2 Å². The van der Waals surface area contributed by atoms with Crippen molar-refractivity contribution >= 4 is 27.5 Å². The first-order valence-corrected chi connectivity index (χ1v) is 6.52. The zero-order chi connectivity index (χ0) is 12.3. The van der Waals surface area contributed by atoms with Crippen molar-refractivity contribution in [2.75, 3.05) is 7.05 Å². The fourth-order valence-corrected chi connectivity index (χ4v) is 2.49. The van der Waals surface area contributed by atoms with Crippen LogP contribution in [0.1, 0.15) is 17.4 Å². The van der Waals surface area contributed by atoms with Gasteiger partial charge in [0.25, 0.3) is 0 Å². The summed E-state index contributed by atoms with van der Waals surface area (Å²) in [7, 11) is 1.92. The van der Waals surface area contributed by atoms with E-state index in [1.807, 2.05) is 37.4 Å². The lowest BCUT2D eigenvalue weighted by Gasteiger charge is -2.14. The highest BCUT2D eigenvalue weighted by Gasteiger charge is 2.14. The molecule has 1 unspecified atom stereocenters. The van der Waals surface area contributed by atoms with Gasteiger partial charge in [-0.3, -0.25) is 0 Å². The summed E-state index contributed by atoms with van der Waals surface area (Å²) in [6.07, 6.45) is 2.49. The van der Waals surface area contributed by atoms with Crippen LogP contribution in [0, 0.1) is 0 Å². The number of benzene rings is 1. The summed E-state index contributed by atoms with van der Waals surface area (Å²) in [5, 5.41) is 4.00. The first-order chi connectivity index (χ1) is 8.20. The summed E-state index contributed by atoms with van der Waals surface area (Å²) in [6, 6.07) is 9.93. The van der Waals surface area contributed by atoms with Crippen LogP contribution in [-0.4, -0.2) is 7.05 Å². The van der Waals surface area contributed by atoms with E-state index in [0.717, 1.165) is 27.2 Å². The van der Waals surface area contributed by atoms with Crippen molar-refractivity contribution in [3.8, 4) is 0 Å². The first kappa shape index (κ1) is 12.7. The third-order valence-electron chi connectivity index (χ3n) is 2.67. The molecule has 0 radical (unpaired) electrons. The van der Waals surface area contributed by atoms with Crippen LogP contribution in [0.5, 0.6) is 0 Å². The normalized spacial score (nSPS) is 12.6. The first-order valence-electron chi connectivity index (χ1n) is 5.35. The number of hydrogen-bond donors (Lipinski definition) is 1. The molecular weight excluding hydrogens is 302 g/mol. The summed E-state index contributed by atoms with van der Waals surface area (Å²) in [5.41, 5.74) is 1.10. The Balaban J connectivity index is 2.19. The fourth-order valence-electron chi connectivity index (χ4n) is 1.74. The van der Waals surface area contributed by atoms with Crippen LogP contribution in [0.2, 0.25) is 5.02 Å². The Bertz CT molecular complexity index is 484. The van der Waals surface area contributed by atoms with E-state index in [2.05, 4.69) is 21.2 Å². The van der Waals surface area contributed by atoms with Gasteiger partial charge in [0.05, 0.1) is 12.3 Å². The molecule has 1 heterocycles. The van der Waals surface area contributed by atoms with E-state index in [1.54, 1.807) is 6.26 Å². The molecule has 0 amide bonds. The number of nitrogens with one attached hydrogen (secondary N) is 1. The summed E-state index contributed by atoms with van der Waals surface area (Å²) in [6.45, 7) is 0. The van der Waals surface area contributed by atoms with Crippen LogP contribution in [0.25, 0.3) is 0 Å². The molecular formula is C13H13BrClNO. The van der Waals surface area contributed by atoms with Crippen molar-refractivity contribution in [3.05, 3.63) is 57.4 Å². The maximum atomic E-state index is 6.20. The van der Waals surface area contributed by atoms with E-state index < -0.39 is 0 Å². The van der Waals surface area contributed by atoms with E-state index in [9.17, 15) is 0 Å². The Morgan fingerprint density at radius 1 is 1.41 bits per heavy atom. The van der Waals surface area contributed by atoms with Crippen LogP contribution in [0.15, 0.2) is 45.5 Å². The zero-order valence-electron chi connectivity index (χ0n) is 9.41. The molecule has 0 saturated heterocycles. The lowest BCUT2D eigenvalue weighted by Crippen LogP contribution is -2.18. The minimum Gasteiger partial charge on any atom is -0.468 e. The Hall–Kier alpha value is -0.770. The molecule has 2 rings (SSSR count). The molecule has 2 nitrogen and oxygen atoms in total. The van der Waals surface area contributed by atoms with Gasteiger partial charge in [-0.1, -0.05) is 33.6 Å². The monoisotopic (exact) mass is 313 g/mol. The summed E-state index contributed by atoms with van der Waals surface area (Å²) in [5.74, 6) is 0.923. The van der Waals surface area contributed by atoms with Crippen molar-refractivity contribution in [2.45, 2.75) is 12.5 Å². The second kappa shape index (κ2) is 5.71. The standard InChI is InChI=1S/C13H13BrClNO/c1-16-12(13-3-2-6-17-13)7-9-4-5-10(14)8-11(9)15/h2-6,8,12,16H,7H2,1H3. The maximum Gasteiger partial charge on any atom is 0.121 e. The van der Waals surface area contributed by atoms with E-state index in [0.29, 0.717) is 0 Å². The van der Waals surface area contributed by atoms with Gasteiger partial charge < -0.3 is 9.73 Å². The van der Waals surface area contributed by atoms with Crippen LogP contribution in [-0.2, 0) is 6.42 Å². The third-order valence-corrected chi connectivity index (χ3v) is 3.52. The van der Waals surface area contributed by atoms with Gasteiger partial charge in [-0.25, -0.2) is 0 Å². The molecule has 0 aliphatic carbocycles. The van der Waals surface area contributed by atoms with Crippen molar-refractivity contribution in [1.82, 2.24) is 5.32 Å². The molecule has 0 spiro atoms. The number of furan rings is 1. The predicted octanol–water partition coefficient (Wildman–Crippen LogP) is 4.20. The minimum atomic E-state index is 0.142. The molecule has 0 saturated carbocycles. The quantitative estimate of drug-likeness (QED) is 0.915. The van der Waals surface area contributed by atoms with Crippen LogP contribution < -0.4 is 5.32 Å². The average Bonchev–Trinajstić information content (AvgIpc) is 2.81. The molecule has 4 heteroatoms. The highest BCUT2D eigenvalue weighted by atomic mass is 79.9. The molecule has 0 aliphatic rings. The third kappa shape index (κ3) is 3.12. The molecule has 2 aromatic rings. The summed E-state index contributed by atoms with van der Waals surface area (Å²) >= 11 is 9.60. The lowest BCUT2D eigenvalue weighted by atomic mass is 10.0. The molecule has 1 aromatic heterocycles. The van der Waals surface area contributed by atoms with Gasteiger partial charge in [0.1, 0.15) is 5.76 Å². The zero-order valence-corrected chi connectivity index (χ0v) is 11.8. The minimum absolute atomic E-state index is 0.142. The summed E-state index contributed by atoms with van der Waals surface area (Å²) in [4.78, 5) is 0. The Morgan fingerprint density at radius 2 is 2.24 bits per heavy atom. The second-order valence-corrected chi connectivity index (χ2v) is 5.12. The summed E-state index contributed by atoms with van der Waals surface area (Å²) < 4.78 is 6.40. The van der Waals surface area contributed by atoms with Gasteiger partial charge >= 0.3 is 0 Å². The fraction of sp³-hybridized carbons (Fsp3) is 0.231. The SMILES string of the molecule is CNC(Cc1ccc(Br)cc1Cl)c1ccco1. The van der Waals surface area contributed by atoms with Gasteiger partial charge in [-0.2, -0.15) is 0 Å². The Kier molecular flexibility index (Phi) is 4.26. The number of likely N-dealkylation sites (N-methyl/N-ethyl adjacent to an activating group) is 1. The molecule has 1 atom stereocenters. The largest absolute Gasteiger partial charge is 0.468 e. The molecule has 0 bridgehead atoms. The van der Waals surface area contributed by atoms with Crippen molar-refractivity contribution in [1.29, 1.82) is 0 Å². The molecule has 1 N–H and O–H groups in total. The van der Waals surface area contributed by atoms with Crippen LogP contribution >= 0.6 is 27.5 Å². The van der Waals surface area contributed by atoms with Gasteiger partial charge in [0.2, 0.25) is 0 Å². The molecule has 1 aromatic carbocycles. The van der Waals surface area contributed by atoms with E-state index in [-0.39, 0.29) is 6.04 Å². The number of halogens is 2. The van der Waals surface area contributed by atoms with E-state index in [4.69, 9.17) is 16.0 Å². The van der Waals surface area contributed by atoms with Gasteiger partial charge in [0.15, 0.2) is 0 Å².